The van der Waals surface area contributed by atoms with Crippen molar-refractivity contribution in [2.24, 2.45) is 10.9 Å². The third-order valence-electron chi connectivity index (χ3n) is 7.01. The van der Waals surface area contributed by atoms with Crippen LogP contribution in [0.1, 0.15) is 94.8 Å². The zero-order chi connectivity index (χ0) is 26.5. The highest BCUT2D eigenvalue weighted by atomic mass is 16.7. The van der Waals surface area contributed by atoms with Crippen LogP contribution in [0.2, 0.25) is 0 Å². The third kappa shape index (κ3) is 6.45. The monoisotopic (exact) mass is 493 g/mol. The number of esters is 1. The normalized spacial score (nSPS) is 16.7. The summed E-state index contributed by atoms with van der Waals surface area (Å²) in [6.07, 6.45) is 6.20. The lowest BCUT2D eigenvalue weighted by atomic mass is 9.86. The van der Waals surface area contributed by atoms with Crippen molar-refractivity contribution < 1.29 is 14.3 Å². The first-order valence-electron chi connectivity index (χ1n) is 13.3. The molecule has 6 nitrogen and oxygen atoms in total. The summed E-state index contributed by atoms with van der Waals surface area (Å²) in [7, 11) is 1.75. The van der Waals surface area contributed by atoms with E-state index in [0.717, 1.165) is 53.8 Å². The maximum atomic E-state index is 12.9. The quantitative estimate of drug-likeness (QED) is 0.174. The smallest absolute Gasteiger partial charge is 0.311 e. The Kier molecular flexibility index (Phi) is 9.15. The van der Waals surface area contributed by atoms with Gasteiger partial charge in [0.1, 0.15) is 5.69 Å². The van der Waals surface area contributed by atoms with Crippen molar-refractivity contribution in [2.45, 2.75) is 98.8 Å². The van der Waals surface area contributed by atoms with E-state index in [-0.39, 0.29) is 17.3 Å². The summed E-state index contributed by atoms with van der Waals surface area (Å²) in [5, 5.41) is 4.72. The molecule has 0 amide bonds. The van der Waals surface area contributed by atoms with E-state index >= 15 is 0 Å². The molecule has 0 N–H and O–H groups in total. The molecule has 36 heavy (non-hydrogen) atoms. The van der Waals surface area contributed by atoms with E-state index in [4.69, 9.17) is 14.6 Å². The number of carbonyl (C=O) groups is 1. The number of hydrogen-bond donors (Lipinski definition) is 0. The maximum Gasteiger partial charge on any atom is 0.311 e. The number of nitrogens with zero attached hydrogens (tertiary/aromatic N) is 3. The first kappa shape index (κ1) is 27.7. The van der Waals surface area contributed by atoms with Crippen LogP contribution in [-0.2, 0) is 26.2 Å². The van der Waals surface area contributed by atoms with Crippen molar-refractivity contribution in [2.75, 3.05) is 7.05 Å². The van der Waals surface area contributed by atoms with E-state index < -0.39 is 6.29 Å². The molecule has 1 atom stereocenters. The van der Waals surface area contributed by atoms with Crippen LogP contribution in [0.3, 0.4) is 0 Å². The predicted octanol–water partition coefficient (Wildman–Crippen LogP) is 6.87. The first-order valence-corrected chi connectivity index (χ1v) is 13.3. The number of aromatic nitrogens is 2. The van der Waals surface area contributed by atoms with Gasteiger partial charge >= 0.3 is 5.97 Å². The van der Waals surface area contributed by atoms with E-state index in [0.29, 0.717) is 12.3 Å². The minimum atomic E-state index is -0.747. The number of carbonyl (C=O) groups excluding carboxylic acids is 1. The number of rotatable bonds is 8. The summed E-state index contributed by atoms with van der Waals surface area (Å²) in [5.41, 5.74) is 5.97. The Bertz CT molecular complexity index is 1100. The summed E-state index contributed by atoms with van der Waals surface area (Å²) < 4.78 is 14.3. The Hall–Kier alpha value is -2.89. The van der Waals surface area contributed by atoms with Gasteiger partial charge in [0.2, 0.25) is 6.29 Å². The van der Waals surface area contributed by atoms with E-state index in [1.54, 1.807) is 14.0 Å². The highest BCUT2D eigenvalue weighted by Crippen LogP contribution is 2.33. The summed E-state index contributed by atoms with van der Waals surface area (Å²) in [6, 6.07) is 8.51. The molecule has 1 unspecified atom stereocenters. The third-order valence-corrected chi connectivity index (χ3v) is 7.01. The van der Waals surface area contributed by atoms with Crippen LogP contribution < -0.4 is 0 Å². The minimum Gasteiger partial charge on any atom is -0.452 e. The van der Waals surface area contributed by atoms with Gasteiger partial charge in [0.15, 0.2) is 5.76 Å². The fourth-order valence-electron chi connectivity index (χ4n) is 4.77. The van der Waals surface area contributed by atoms with Crippen molar-refractivity contribution in [1.82, 2.24) is 9.78 Å². The van der Waals surface area contributed by atoms with Gasteiger partial charge < -0.3 is 9.47 Å². The molecule has 6 heteroatoms. The Morgan fingerprint density at radius 1 is 1.14 bits per heavy atom. The fraction of sp³-hybridized carbons (Fsp3) is 0.567. The van der Waals surface area contributed by atoms with Gasteiger partial charge in [-0.15, -0.1) is 0 Å². The number of aliphatic imine (C=N–C) groups is 1. The van der Waals surface area contributed by atoms with E-state index in [1.165, 1.54) is 12.0 Å². The molecule has 1 heterocycles. The molecule has 1 aromatic carbocycles. The molecule has 1 aliphatic rings. The standard InChI is InChI=1S/C30H43N3O3/c1-9-33-27(20(2)21(3)32-33)28(35-22(4)36-29(34)24-13-11-10-12-14-24)26(19-31-8)23-15-17-25(18-16-23)30(5,6)7/h15-19,22,24H,9-14H2,1-8H3/b28-26-,31-19?. The number of benzene rings is 1. The zero-order valence-electron chi connectivity index (χ0n) is 23.4. The van der Waals surface area contributed by atoms with Gasteiger partial charge in [0.25, 0.3) is 0 Å². The predicted molar refractivity (Wildman–Crippen MR) is 147 cm³/mol. The molecule has 3 rings (SSSR count). The van der Waals surface area contributed by atoms with Gasteiger partial charge in [0.05, 0.1) is 11.6 Å². The summed E-state index contributed by atoms with van der Waals surface area (Å²) in [6.45, 7) is 15.2. The van der Waals surface area contributed by atoms with E-state index in [2.05, 4.69) is 63.9 Å². The van der Waals surface area contributed by atoms with Gasteiger partial charge in [-0.2, -0.15) is 5.10 Å². The maximum absolute atomic E-state index is 12.9. The van der Waals surface area contributed by atoms with Gasteiger partial charge in [-0.3, -0.25) is 14.5 Å². The average Bonchev–Trinajstić information content (AvgIpc) is 3.14. The van der Waals surface area contributed by atoms with Gasteiger partial charge in [-0.05, 0) is 50.2 Å². The molecule has 0 spiro atoms. The second kappa shape index (κ2) is 11.9. The van der Waals surface area contributed by atoms with Crippen LogP contribution in [0.4, 0.5) is 0 Å². The lowest BCUT2D eigenvalue weighted by Gasteiger charge is -2.25. The molecule has 1 fully saturated rings. The highest BCUT2D eigenvalue weighted by Gasteiger charge is 2.27. The lowest BCUT2D eigenvalue weighted by molar-refractivity contribution is -0.170. The van der Waals surface area contributed by atoms with Crippen molar-refractivity contribution in [3.05, 3.63) is 52.3 Å². The summed E-state index contributed by atoms with van der Waals surface area (Å²) >= 11 is 0. The number of aryl methyl sites for hydroxylation is 2. The molecule has 2 aromatic rings. The van der Waals surface area contributed by atoms with E-state index in [9.17, 15) is 4.79 Å². The molecule has 0 radical (unpaired) electrons. The summed E-state index contributed by atoms with van der Waals surface area (Å²) in [4.78, 5) is 17.2. The molecule has 0 saturated heterocycles. The Balaban J connectivity index is 2.07. The molecular formula is C30H43N3O3. The van der Waals surface area contributed by atoms with Crippen LogP contribution in [-0.4, -0.2) is 35.3 Å². The number of hydrogen-bond acceptors (Lipinski definition) is 5. The molecule has 1 aromatic heterocycles. The van der Waals surface area contributed by atoms with Crippen LogP contribution in [0, 0.1) is 19.8 Å². The van der Waals surface area contributed by atoms with Crippen molar-refractivity contribution >= 4 is 23.5 Å². The fourth-order valence-corrected chi connectivity index (χ4v) is 4.77. The molecule has 0 aliphatic heterocycles. The second-order valence-electron chi connectivity index (χ2n) is 10.8. The van der Waals surface area contributed by atoms with Crippen LogP contribution in [0.5, 0.6) is 0 Å². The highest BCUT2D eigenvalue weighted by molar-refractivity contribution is 6.18. The van der Waals surface area contributed by atoms with Crippen molar-refractivity contribution in [1.29, 1.82) is 0 Å². The van der Waals surface area contributed by atoms with Gasteiger partial charge in [-0.25, -0.2) is 0 Å². The molecular weight excluding hydrogens is 450 g/mol. The van der Waals surface area contributed by atoms with Crippen molar-refractivity contribution in [3.8, 4) is 0 Å². The van der Waals surface area contributed by atoms with Crippen LogP contribution in [0.15, 0.2) is 29.3 Å². The average molecular weight is 494 g/mol. The molecule has 0 bridgehead atoms. The number of ether oxygens (including phenoxy) is 2. The zero-order valence-corrected chi connectivity index (χ0v) is 23.4. The van der Waals surface area contributed by atoms with Crippen LogP contribution >= 0.6 is 0 Å². The van der Waals surface area contributed by atoms with Gasteiger partial charge in [-0.1, -0.05) is 64.3 Å². The minimum absolute atomic E-state index is 0.0380. The first-order chi connectivity index (χ1) is 17.1. The molecule has 196 valence electrons. The van der Waals surface area contributed by atoms with Crippen LogP contribution in [0.25, 0.3) is 11.3 Å². The summed E-state index contributed by atoms with van der Waals surface area (Å²) in [5.74, 6) is 0.413. The molecule has 1 aliphatic carbocycles. The number of allylic oxidation sites excluding steroid dienone is 1. The van der Waals surface area contributed by atoms with Crippen molar-refractivity contribution in [3.63, 3.8) is 0 Å². The Labute approximate surface area is 216 Å². The second-order valence-corrected chi connectivity index (χ2v) is 10.8. The Morgan fingerprint density at radius 2 is 1.78 bits per heavy atom. The van der Waals surface area contributed by atoms with E-state index in [1.807, 2.05) is 17.8 Å². The SMILES string of the molecule is CCn1nc(C)c(C)c1/C(OC(C)OC(=O)C1CCCCC1)=C(\C=NC)c1ccc(C(C)(C)C)cc1. The lowest BCUT2D eigenvalue weighted by Crippen LogP contribution is -2.26. The van der Waals surface area contributed by atoms with Gasteiger partial charge in [0, 0.05) is 37.9 Å². The topological polar surface area (TPSA) is 65.7 Å². The molecule has 1 saturated carbocycles. The Morgan fingerprint density at radius 3 is 2.33 bits per heavy atom. The largest absolute Gasteiger partial charge is 0.452 e.